The number of phenols is 1. The molecule has 4 rings (SSSR count). The van der Waals surface area contributed by atoms with Crippen molar-refractivity contribution in [1.29, 1.82) is 0 Å². The molecule has 0 bridgehead atoms. The first-order chi connectivity index (χ1) is 15.3. The Morgan fingerprint density at radius 2 is 1.81 bits per heavy atom. The topological polar surface area (TPSA) is 125 Å². The summed E-state index contributed by atoms with van der Waals surface area (Å²) in [5, 5.41) is 18.3. The molecule has 0 atom stereocenters. The van der Waals surface area contributed by atoms with Crippen molar-refractivity contribution < 1.29 is 33.8 Å². The number of hydrogen-bond donors (Lipinski definition) is 2. The number of amides is 2. The van der Waals surface area contributed by atoms with Gasteiger partial charge in [-0.15, -0.1) is 0 Å². The van der Waals surface area contributed by atoms with E-state index < -0.39 is 17.1 Å². The zero-order valence-corrected chi connectivity index (χ0v) is 17.4. The van der Waals surface area contributed by atoms with E-state index in [9.17, 15) is 24.3 Å². The second kappa shape index (κ2) is 8.72. The Morgan fingerprint density at radius 3 is 2.53 bits per heavy atom. The van der Waals surface area contributed by atoms with Crippen LogP contribution in [0, 0.1) is 0 Å². The highest BCUT2D eigenvalue weighted by Gasteiger charge is 2.34. The highest BCUT2D eigenvalue weighted by molar-refractivity contribution is 8.18. The Bertz CT molecular complexity index is 1270. The fourth-order valence-electron chi connectivity index (χ4n) is 3.25. The van der Waals surface area contributed by atoms with E-state index in [0.717, 1.165) is 16.7 Å². The van der Waals surface area contributed by atoms with E-state index >= 15 is 0 Å². The number of ketones is 1. The van der Waals surface area contributed by atoms with Gasteiger partial charge in [0, 0.05) is 23.9 Å². The number of imide groups is 1. The van der Waals surface area contributed by atoms with Gasteiger partial charge in [0.2, 0.25) is 5.78 Å². The van der Waals surface area contributed by atoms with Crippen LogP contribution >= 0.6 is 11.8 Å². The van der Waals surface area contributed by atoms with Crippen molar-refractivity contribution in [3.8, 4) is 5.75 Å². The number of aromatic hydroxyl groups is 1. The van der Waals surface area contributed by atoms with Crippen molar-refractivity contribution in [1.82, 2.24) is 4.90 Å². The molecular formula is C23H17NO7S. The van der Waals surface area contributed by atoms with Gasteiger partial charge in [-0.25, -0.2) is 0 Å². The van der Waals surface area contributed by atoms with Crippen LogP contribution in [0.1, 0.15) is 34.5 Å². The number of phenolic OH excluding ortho intramolecular Hbond substituents is 1. The first-order valence-corrected chi connectivity index (χ1v) is 10.5. The molecule has 3 aromatic rings. The second-order valence-corrected chi connectivity index (χ2v) is 8.11. The standard InChI is InChI=1S/C23H17NO7S/c25-16-6-4-14(5-7-16)21(28)18-12-15-10-13(3-8-17(15)31-18)11-19-22(29)24(23(30)32-19)9-1-2-20(26)27/h3-8,10-12,25H,1-2,9H2,(H,26,27). The van der Waals surface area contributed by atoms with Gasteiger partial charge in [-0.3, -0.25) is 24.1 Å². The maximum absolute atomic E-state index is 12.6. The van der Waals surface area contributed by atoms with Crippen LogP contribution in [0.4, 0.5) is 4.79 Å². The number of carbonyl (C=O) groups excluding carboxylic acids is 3. The van der Waals surface area contributed by atoms with E-state index in [1.54, 1.807) is 30.3 Å². The molecule has 0 radical (unpaired) electrons. The first-order valence-electron chi connectivity index (χ1n) is 9.66. The maximum Gasteiger partial charge on any atom is 0.303 e. The minimum Gasteiger partial charge on any atom is -0.508 e. The monoisotopic (exact) mass is 451 g/mol. The van der Waals surface area contributed by atoms with E-state index in [1.165, 1.54) is 24.3 Å². The normalized spacial score (nSPS) is 15.1. The predicted octanol–water partition coefficient (Wildman–Crippen LogP) is 4.27. The van der Waals surface area contributed by atoms with Gasteiger partial charge in [-0.2, -0.15) is 0 Å². The Kier molecular flexibility index (Phi) is 5.83. The average molecular weight is 451 g/mol. The van der Waals surface area contributed by atoms with Crippen molar-refractivity contribution in [3.05, 3.63) is 70.3 Å². The van der Waals surface area contributed by atoms with Crippen LogP contribution in [0.15, 0.2) is 57.9 Å². The summed E-state index contributed by atoms with van der Waals surface area (Å²) in [6.45, 7) is 0.0534. The molecule has 0 saturated carbocycles. The Morgan fingerprint density at radius 1 is 1.06 bits per heavy atom. The van der Waals surface area contributed by atoms with Crippen LogP contribution in [0.2, 0.25) is 0 Å². The molecule has 1 aliphatic rings. The molecule has 1 aromatic heterocycles. The molecule has 0 spiro atoms. The molecule has 32 heavy (non-hydrogen) atoms. The summed E-state index contributed by atoms with van der Waals surface area (Å²) in [4.78, 5) is 49.2. The molecule has 1 aliphatic heterocycles. The van der Waals surface area contributed by atoms with E-state index in [1.807, 2.05) is 0 Å². The molecule has 9 heteroatoms. The van der Waals surface area contributed by atoms with Gasteiger partial charge in [0.25, 0.3) is 11.1 Å². The molecular weight excluding hydrogens is 434 g/mol. The van der Waals surface area contributed by atoms with Crippen LogP contribution in [-0.4, -0.2) is 44.6 Å². The molecule has 2 aromatic carbocycles. The van der Waals surface area contributed by atoms with Crippen molar-refractivity contribution >= 4 is 51.7 Å². The summed E-state index contributed by atoms with van der Waals surface area (Å²) in [5.41, 5.74) is 1.52. The number of fused-ring (bicyclic) bond motifs is 1. The van der Waals surface area contributed by atoms with Gasteiger partial charge in [0.15, 0.2) is 5.76 Å². The quantitative estimate of drug-likeness (QED) is 0.403. The second-order valence-electron chi connectivity index (χ2n) is 7.11. The summed E-state index contributed by atoms with van der Waals surface area (Å²) in [7, 11) is 0. The fourth-order valence-corrected chi connectivity index (χ4v) is 4.12. The maximum atomic E-state index is 12.6. The van der Waals surface area contributed by atoms with Crippen LogP contribution in [-0.2, 0) is 9.59 Å². The predicted molar refractivity (Wildman–Crippen MR) is 117 cm³/mol. The number of aliphatic carboxylic acids is 1. The number of thioether (sulfide) groups is 1. The third kappa shape index (κ3) is 4.42. The molecule has 8 nitrogen and oxygen atoms in total. The molecule has 2 amide bonds. The highest BCUT2D eigenvalue weighted by atomic mass is 32.2. The van der Waals surface area contributed by atoms with Crippen LogP contribution in [0.5, 0.6) is 5.75 Å². The molecule has 2 N–H and O–H groups in total. The Hall–Kier alpha value is -3.85. The minimum atomic E-state index is -0.982. The van der Waals surface area contributed by atoms with Crippen molar-refractivity contribution in [2.24, 2.45) is 0 Å². The fraction of sp³-hybridized carbons (Fsp3) is 0.130. The number of carboxylic acid groups (broad SMARTS) is 1. The SMILES string of the molecule is O=C(O)CCCN1C(=O)SC(=Cc2ccc3oc(C(=O)c4ccc(O)cc4)cc3c2)C1=O. The number of benzene rings is 2. The summed E-state index contributed by atoms with van der Waals surface area (Å²) in [6, 6.07) is 12.6. The van der Waals surface area contributed by atoms with Gasteiger partial charge in [-0.05, 0) is 72.3 Å². The molecule has 1 saturated heterocycles. The van der Waals surface area contributed by atoms with Gasteiger partial charge in [-0.1, -0.05) is 6.07 Å². The Labute approximate surface area is 186 Å². The molecule has 2 heterocycles. The van der Waals surface area contributed by atoms with Gasteiger partial charge >= 0.3 is 5.97 Å². The summed E-state index contributed by atoms with van der Waals surface area (Å²) >= 11 is 0.803. The number of furan rings is 1. The van der Waals surface area contributed by atoms with Gasteiger partial charge < -0.3 is 14.6 Å². The molecule has 162 valence electrons. The molecule has 1 fully saturated rings. The third-order valence-electron chi connectivity index (χ3n) is 4.84. The van der Waals surface area contributed by atoms with E-state index in [0.29, 0.717) is 22.1 Å². The van der Waals surface area contributed by atoms with Crippen molar-refractivity contribution in [2.75, 3.05) is 6.54 Å². The number of carboxylic acids is 1. The minimum absolute atomic E-state index is 0.0534. The number of hydrogen-bond acceptors (Lipinski definition) is 7. The van der Waals surface area contributed by atoms with Gasteiger partial charge in [0.05, 0.1) is 4.91 Å². The van der Waals surface area contributed by atoms with Crippen molar-refractivity contribution in [2.45, 2.75) is 12.8 Å². The lowest BCUT2D eigenvalue weighted by Crippen LogP contribution is -2.29. The zero-order valence-electron chi connectivity index (χ0n) is 16.6. The smallest absolute Gasteiger partial charge is 0.303 e. The van der Waals surface area contributed by atoms with E-state index in [2.05, 4.69) is 0 Å². The molecule has 0 aliphatic carbocycles. The highest BCUT2D eigenvalue weighted by Crippen LogP contribution is 2.33. The summed E-state index contributed by atoms with van der Waals surface area (Å²) in [6.07, 6.45) is 1.65. The number of rotatable bonds is 7. The van der Waals surface area contributed by atoms with Gasteiger partial charge in [0.1, 0.15) is 11.3 Å². The third-order valence-corrected chi connectivity index (χ3v) is 5.74. The lowest BCUT2D eigenvalue weighted by Gasteiger charge is -2.10. The summed E-state index contributed by atoms with van der Waals surface area (Å²) < 4.78 is 5.64. The average Bonchev–Trinajstić information content (AvgIpc) is 3.29. The lowest BCUT2D eigenvalue weighted by molar-refractivity contribution is -0.137. The summed E-state index contributed by atoms with van der Waals surface area (Å²) in [5.74, 6) is -1.57. The zero-order chi connectivity index (χ0) is 22.8. The van der Waals surface area contributed by atoms with Crippen LogP contribution in [0.3, 0.4) is 0 Å². The van der Waals surface area contributed by atoms with E-state index in [4.69, 9.17) is 9.52 Å². The number of carbonyl (C=O) groups is 4. The first kappa shape index (κ1) is 21.4. The largest absolute Gasteiger partial charge is 0.508 e. The van der Waals surface area contributed by atoms with Crippen LogP contribution < -0.4 is 0 Å². The lowest BCUT2D eigenvalue weighted by atomic mass is 10.1. The van der Waals surface area contributed by atoms with Crippen LogP contribution in [0.25, 0.3) is 17.0 Å². The molecule has 0 unspecified atom stereocenters. The van der Waals surface area contributed by atoms with E-state index in [-0.39, 0.29) is 41.6 Å². The van der Waals surface area contributed by atoms with Crippen molar-refractivity contribution in [3.63, 3.8) is 0 Å². The Balaban J connectivity index is 1.54. The number of nitrogens with zero attached hydrogens (tertiary/aromatic N) is 1.